The molecule has 2 heterocycles. The second-order valence-electron chi connectivity index (χ2n) is 8.10. The van der Waals surface area contributed by atoms with E-state index in [0.29, 0.717) is 34.0 Å². The molecule has 0 spiro atoms. The summed E-state index contributed by atoms with van der Waals surface area (Å²) in [6.07, 6.45) is 1.70. The first kappa shape index (κ1) is 24.1. The lowest BCUT2D eigenvalue weighted by Gasteiger charge is -2.34. The molecular formula is C26H21BrClFN4OS. The highest BCUT2D eigenvalue weighted by atomic mass is 79.9. The van der Waals surface area contributed by atoms with Crippen LogP contribution in [0.3, 0.4) is 0 Å². The number of hydrogen-bond acceptors (Lipinski definition) is 4. The minimum atomic E-state index is -0.325. The first-order valence-electron chi connectivity index (χ1n) is 11.1. The monoisotopic (exact) mass is 570 g/mol. The number of aromatic nitrogens is 2. The average Bonchev–Trinajstić information content (AvgIpc) is 3.38. The van der Waals surface area contributed by atoms with E-state index >= 15 is 0 Å². The smallest absolute Gasteiger partial charge is 0.253 e. The van der Waals surface area contributed by atoms with E-state index in [4.69, 9.17) is 11.6 Å². The molecule has 5 rings (SSSR count). The summed E-state index contributed by atoms with van der Waals surface area (Å²) in [7, 11) is 0. The topological polar surface area (TPSA) is 52.2 Å². The van der Waals surface area contributed by atoms with Crippen LogP contribution in [-0.2, 0) is 0 Å². The Hall–Kier alpha value is -2.65. The number of imidazole rings is 1. The maximum Gasteiger partial charge on any atom is 0.253 e. The summed E-state index contributed by atoms with van der Waals surface area (Å²) < 4.78 is 16.6. The third-order valence-electron chi connectivity index (χ3n) is 5.79. The van der Waals surface area contributed by atoms with Gasteiger partial charge in [0.15, 0.2) is 0 Å². The molecule has 9 heteroatoms. The Bertz CT molecular complexity index is 1360. The van der Waals surface area contributed by atoms with E-state index in [0.717, 1.165) is 34.8 Å². The van der Waals surface area contributed by atoms with Crippen LogP contribution in [0, 0.1) is 5.82 Å². The summed E-state index contributed by atoms with van der Waals surface area (Å²) in [6, 6.07) is 20.1. The second kappa shape index (κ2) is 10.5. The van der Waals surface area contributed by atoms with Crippen molar-refractivity contribution < 1.29 is 9.18 Å². The highest BCUT2D eigenvalue weighted by molar-refractivity contribution is 9.10. The first-order valence-corrected chi connectivity index (χ1v) is 13.0. The highest BCUT2D eigenvalue weighted by Crippen LogP contribution is 2.34. The second-order valence-corrected chi connectivity index (χ2v) is 10.5. The minimum Gasteiger partial charge on any atom is -0.338 e. The number of H-pyrrole nitrogens is 1. The van der Waals surface area contributed by atoms with Gasteiger partial charge in [0.25, 0.3) is 5.91 Å². The molecule has 1 N–H and O–H groups in total. The van der Waals surface area contributed by atoms with Gasteiger partial charge in [0, 0.05) is 47.8 Å². The van der Waals surface area contributed by atoms with Gasteiger partial charge in [-0.15, -0.1) is 0 Å². The summed E-state index contributed by atoms with van der Waals surface area (Å²) in [5.74, 6) is 0.420. The summed E-state index contributed by atoms with van der Waals surface area (Å²) in [6.45, 7) is 2.79. The van der Waals surface area contributed by atoms with Gasteiger partial charge in [-0.2, -0.15) is 0 Å². The van der Waals surface area contributed by atoms with Crippen LogP contribution in [0.5, 0.6) is 0 Å². The molecule has 1 aliphatic heterocycles. The molecule has 178 valence electrons. The molecule has 1 aliphatic rings. The molecule has 0 bridgehead atoms. The van der Waals surface area contributed by atoms with Gasteiger partial charge in [-0.25, -0.2) is 13.7 Å². The summed E-state index contributed by atoms with van der Waals surface area (Å²) in [5, 5.41) is 0.656. The van der Waals surface area contributed by atoms with Gasteiger partial charge >= 0.3 is 0 Å². The average molecular weight is 572 g/mol. The lowest BCUT2D eigenvalue weighted by molar-refractivity contribution is 0.0704. The number of amides is 1. The molecule has 3 aromatic carbocycles. The molecule has 1 saturated heterocycles. The number of benzene rings is 3. The number of carbonyl (C=O) groups excluding carboxylic acids is 1. The zero-order valence-electron chi connectivity index (χ0n) is 18.5. The molecule has 0 unspecified atom stereocenters. The van der Waals surface area contributed by atoms with Crippen molar-refractivity contribution in [3.63, 3.8) is 0 Å². The molecule has 1 fully saturated rings. The molecule has 0 atom stereocenters. The van der Waals surface area contributed by atoms with Crippen molar-refractivity contribution in [3.8, 4) is 22.6 Å². The van der Waals surface area contributed by atoms with E-state index in [-0.39, 0.29) is 11.7 Å². The molecule has 4 aromatic rings. The molecular weight excluding hydrogens is 551 g/mol. The number of aromatic amines is 1. The van der Waals surface area contributed by atoms with E-state index in [2.05, 4.69) is 30.2 Å². The van der Waals surface area contributed by atoms with Crippen molar-refractivity contribution in [3.05, 3.63) is 93.8 Å². The van der Waals surface area contributed by atoms with E-state index in [1.165, 1.54) is 6.07 Å². The van der Waals surface area contributed by atoms with Crippen LogP contribution in [0.25, 0.3) is 22.6 Å². The fourth-order valence-corrected chi connectivity index (χ4v) is 5.31. The van der Waals surface area contributed by atoms with E-state index in [1.54, 1.807) is 24.2 Å². The van der Waals surface area contributed by atoms with Crippen molar-refractivity contribution in [1.29, 1.82) is 0 Å². The van der Waals surface area contributed by atoms with Crippen molar-refractivity contribution in [2.75, 3.05) is 26.2 Å². The standard InChI is InChI=1S/C26H21BrClFN4OS/c27-20-8-6-18(14-22(20)29)23-16-30-25(31-23)19-7-9-21(28)24(15-19)35-33-12-10-32(11-13-33)26(34)17-4-2-1-3-5-17/h1-9,14-16H,10-13H2,(H,30,31). The fraction of sp³-hybridized carbons (Fsp3) is 0.154. The van der Waals surface area contributed by atoms with Crippen LogP contribution >= 0.6 is 39.5 Å². The van der Waals surface area contributed by atoms with Crippen LogP contribution in [0.1, 0.15) is 10.4 Å². The van der Waals surface area contributed by atoms with Crippen LogP contribution in [0.2, 0.25) is 5.02 Å². The van der Waals surface area contributed by atoms with Gasteiger partial charge in [0.1, 0.15) is 11.6 Å². The molecule has 0 radical (unpaired) electrons. The number of nitrogens with zero attached hydrogens (tertiary/aromatic N) is 3. The van der Waals surface area contributed by atoms with Crippen molar-refractivity contribution in [2.45, 2.75) is 4.90 Å². The predicted octanol–water partition coefficient (Wildman–Crippen LogP) is 6.76. The Labute approximate surface area is 220 Å². The maximum absolute atomic E-state index is 13.9. The molecule has 1 amide bonds. The molecule has 0 saturated carbocycles. The van der Waals surface area contributed by atoms with Gasteiger partial charge in [0.05, 0.1) is 21.4 Å². The van der Waals surface area contributed by atoms with Gasteiger partial charge in [-0.1, -0.05) is 35.9 Å². The first-order chi connectivity index (χ1) is 17.0. The summed E-state index contributed by atoms with van der Waals surface area (Å²) in [4.78, 5) is 23.3. The zero-order chi connectivity index (χ0) is 24.4. The number of hydrogen-bond donors (Lipinski definition) is 1. The number of rotatable bonds is 5. The molecule has 35 heavy (non-hydrogen) atoms. The third kappa shape index (κ3) is 5.46. The molecule has 0 aliphatic carbocycles. The fourth-order valence-electron chi connectivity index (χ4n) is 3.88. The third-order valence-corrected chi connectivity index (χ3v) is 8.03. The van der Waals surface area contributed by atoms with E-state index in [1.807, 2.05) is 59.5 Å². The van der Waals surface area contributed by atoms with Crippen LogP contribution in [-0.4, -0.2) is 51.3 Å². The lowest BCUT2D eigenvalue weighted by Crippen LogP contribution is -2.46. The Kier molecular flexibility index (Phi) is 7.24. The van der Waals surface area contributed by atoms with E-state index in [9.17, 15) is 9.18 Å². The predicted molar refractivity (Wildman–Crippen MR) is 142 cm³/mol. The van der Waals surface area contributed by atoms with Gasteiger partial charge < -0.3 is 9.88 Å². The van der Waals surface area contributed by atoms with Crippen LogP contribution in [0.15, 0.2) is 82.3 Å². The zero-order valence-corrected chi connectivity index (χ0v) is 21.7. The van der Waals surface area contributed by atoms with E-state index < -0.39 is 0 Å². The molecule has 5 nitrogen and oxygen atoms in total. The van der Waals surface area contributed by atoms with Crippen LogP contribution in [0.4, 0.5) is 4.39 Å². The normalized spacial score (nSPS) is 14.3. The van der Waals surface area contributed by atoms with Gasteiger partial charge in [0.2, 0.25) is 0 Å². The number of halogens is 3. The Morgan fingerprint density at radius 1 is 1.00 bits per heavy atom. The minimum absolute atomic E-state index is 0.0644. The van der Waals surface area contributed by atoms with Gasteiger partial charge in [-0.3, -0.25) is 4.79 Å². The van der Waals surface area contributed by atoms with Gasteiger partial charge in [-0.05, 0) is 70.3 Å². The quantitative estimate of drug-likeness (QED) is 0.269. The SMILES string of the molecule is O=C(c1ccccc1)N1CCN(Sc2cc(-c3ncc(-c4ccc(Br)c(F)c4)[nH]3)ccc2Cl)CC1. The summed E-state index contributed by atoms with van der Waals surface area (Å²) >= 11 is 11.3. The number of piperazine rings is 1. The largest absolute Gasteiger partial charge is 0.338 e. The number of nitrogens with one attached hydrogen (secondary N) is 1. The Morgan fingerprint density at radius 3 is 2.49 bits per heavy atom. The Balaban J connectivity index is 1.26. The number of carbonyl (C=O) groups is 1. The Morgan fingerprint density at radius 2 is 1.74 bits per heavy atom. The van der Waals surface area contributed by atoms with Crippen molar-refractivity contribution in [2.24, 2.45) is 0 Å². The van der Waals surface area contributed by atoms with Crippen LogP contribution < -0.4 is 0 Å². The maximum atomic E-state index is 13.9. The molecule has 1 aromatic heterocycles. The van der Waals surface area contributed by atoms with Crippen molar-refractivity contribution in [1.82, 2.24) is 19.2 Å². The summed E-state index contributed by atoms with van der Waals surface area (Å²) in [5.41, 5.74) is 3.05. The lowest BCUT2D eigenvalue weighted by atomic mass is 10.2. The van der Waals surface area contributed by atoms with Crippen molar-refractivity contribution >= 4 is 45.4 Å². The highest BCUT2D eigenvalue weighted by Gasteiger charge is 2.23.